The Hall–Kier alpha value is -3.56. The Balaban J connectivity index is 0.000000630. The third kappa shape index (κ3) is 5.35. The van der Waals surface area contributed by atoms with Gasteiger partial charge in [-0.05, 0) is 31.2 Å². The maximum absolute atomic E-state index is 16.1. The second-order valence-corrected chi connectivity index (χ2v) is 9.14. The third-order valence-electron chi connectivity index (χ3n) is 6.54. The summed E-state index contributed by atoms with van der Waals surface area (Å²) in [5.41, 5.74) is 1.06. The number of piperazine rings is 1. The normalized spacial score (nSPS) is 17.9. The van der Waals surface area contributed by atoms with E-state index in [0.29, 0.717) is 40.5 Å². The van der Waals surface area contributed by atoms with Gasteiger partial charge in [0, 0.05) is 47.3 Å². The summed E-state index contributed by atoms with van der Waals surface area (Å²) in [6, 6.07) is 12.3. The predicted molar refractivity (Wildman–Crippen MR) is 149 cm³/mol. The van der Waals surface area contributed by atoms with Crippen molar-refractivity contribution >= 4 is 45.6 Å². The Morgan fingerprint density at radius 3 is 2.47 bits per heavy atom. The molecule has 4 heterocycles. The third-order valence-corrected chi connectivity index (χ3v) is 6.86. The molecule has 2 aromatic heterocycles. The van der Waals surface area contributed by atoms with Crippen LogP contribution in [0.15, 0.2) is 42.6 Å². The molecule has 4 aromatic rings. The lowest BCUT2D eigenvalue weighted by atomic mass is 10.0. The van der Waals surface area contributed by atoms with Gasteiger partial charge in [0.05, 0.1) is 12.0 Å². The fourth-order valence-electron chi connectivity index (χ4n) is 5.11. The van der Waals surface area contributed by atoms with Crippen molar-refractivity contribution in [1.29, 1.82) is 0 Å². The first-order chi connectivity index (χ1) is 18.5. The van der Waals surface area contributed by atoms with Gasteiger partial charge < -0.3 is 20.1 Å². The summed E-state index contributed by atoms with van der Waals surface area (Å²) in [6.07, 6.45) is 3.96. The molecule has 6 rings (SSSR count). The molecule has 2 aliphatic rings. The van der Waals surface area contributed by atoms with Crippen LogP contribution in [-0.4, -0.2) is 58.3 Å². The minimum Gasteiger partial charge on any atom is -0.483 e. The summed E-state index contributed by atoms with van der Waals surface area (Å²) in [4.78, 5) is 24.2. The minimum absolute atomic E-state index is 0.179. The zero-order chi connectivity index (χ0) is 27.2. The number of halogens is 2. The maximum Gasteiger partial charge on any atom is 0.319 e. The van der Waals surface area contributed by atoms with Gasteiger partial charge in [-0.1, -0.05) is 55.8 Å². The second kappa shape index (κ2) is 12.3. The highest BCUT2D eigenvalue weighted by Crippen LogP contribution is 2.37. The van der Waals surface area contributed by atoms with Crippen molar-refractivity contribution < 1.29 is 19.0 Å². The molecule has 0 amide bonds. The van der Waals surface area contributed by atoms with Crippen LogP contribution in [0.25, 0.3) is 32.9 Å². The minimum atomic E-state index is -0.498. The average Bonchev–Trinajstić information content (AvgIpc) is 3.27. The van der Waals surface area contributed by atoms with Crippen LogP contribution >= 0.6 is 11.6 Å². The van der Waals surface area contributed by atoms with Gasteiger partial charge in [-0.15, -0.1) is 0 Å². The van der Waals surface area contributed by atoms with Gasteiger partial charge >= 0.3 is 6.01 Å². The van der Waals surface area contributed by atoms with E-state index in [0.717, 1.165) is 36.7 Å². The van der Waals surface area contributed by atoms with E-state index in [1.165, 1.54) is 0 Å². The Labute approximate surface area is 225 Å². The Kier molecular flexibility index (Phi) is 8.91. The van der Waals surface area contributed by atoms with E-state index in [2.05, 4.69) is 25.2 Å². The van der Waals surface area contributed by atoms with E-state index in [9.17, 15) is 0 Å². The van der Waals surface area contributed by atoms with Crippen LogP contribution < -0.4 is 15.0 Å². The molecule has 2 fully saturated rings. The fraction of sp³-hybridized carbons (Fsp3) is 0.357. The van der Waals surface area contributed by atoms with Gasteiger partial charge in [0.25, 0.3) is 6.47 Å². The zero-order valence-electron chi connectivity index (χ0n) is 21.6. The molecule has 2 N–H and O–H groups in total. The Morgan fingerprint density at radius 2 is 1.82 bits per heavy atom. The highest BCUT2D eigenvalue weighted by molar-refractivity contribution is 6.36. The van der Waals surface area contributed by atoms with E-state index in [-0.39, 0.29) is 23.7 Å². The van der Waals surface area contributed by atoms with Gasteiger partial charge in [-0.3, -0.25) is 9.78 Å². The number of anilines is 1. The number of ether oxygens (including phenoxy) is 1. The predicted octanol–water partition coefficient (Wildman–Crippen LogP) is 5.70. The van der Waals surface area contributed by atoms with Crippen LogP contribution in [0.5, 0.6) is 6.01 Å². The van der Waals surface area contributed by atoms with Crippen molar-refractivity contribution in [1.82, 2.24) is 20.3 Å². The molecule has 2 unspecified atom stereocenters. The lowest BCUT2D eigenvalue weighted by Gasteiger charge is -2.34. The number of carboxylic acid groups (broad SMARTS) is 1. The lowest BCUT2D eigenvalue weighted by Crippen LogP contribution is -2.51. The SMILES string of the molecule is CC.CCOc1nc(N2CC3CCC(C2)N3)c2cnc(-c3cccc4cccc(Cl)c34)c(F)c2n1.O=CO. The number of benzene rings is 2. The maximum atomic E-state index is 16.1. The second-order valence-electron chi connectivity index (χ2n) is 8.74. The van der Waals surface area contributed by atoms with Gasteiger partial charge in [0.2, 0.25) is 0 Å². The quantitative estimate of drug-likeness (QED) is 0.318. The Bertz CT molecular complexity index is 1420. The van der Waals surface area contributed by atoms with E-state index in [1.807, 2.05) is 51.1 Å². The van der Waals surface area contributed by atoms with Crippen molar-refractivity contribution in [3.63, 3.8) is 0 Å². The molecule has 8 nitrogen and oxygen atoms in total. The van der Waals surface area contributed by atoms with Crippen molar-refractivity contribution in [2.45, 2.75) is 45.7 Å². The molecule has 2 aliphatic heterocycles. The van der Waals surface area contributed by atoms with E-state index < -0.39 is 5.82 Å². The van der Waals surface area contributed by atoms with E-state index >= 15 is 4.39 Å². The molecule has 0 radical (unpaired) electrons. The van der Waals surface area contributed by atoms with Crippen LogP contribution in [0.3, 0.4) is 0 Å². The number of aromatic nitrogens is 3. The smallest absolute Gasteiger partial charge is 0.319 e. The van der Waals surface area contributed by atoms with Crippen LogP contribution in [-0.2, 0) is 4.79 Å². The summed E-state index contributed by atoms with van der Waals surface area (Å²) in [7, 11) is 0. The number of carbonyl (C=O) groups is 1. The van der Waals surface area contributed by atoms with E-state index in [4.69, 9.17) is 26.2 Å². The monoisotopic (exact) mass is 539 g/mol. The van der Waals surface area contributed by atoms with E-state index in [1.54, 1.807) is 12.3 Å². The molecule has 200 valence electrons. The first-order valence-corrected chi connectivity index (χ1v) is 13.2. The van der Waals surface area contributed by atoms with Crippen LogP contribution in [0.1, 0.15) is 33.6 Å². The summed E-state index contributed by atoms with van der Waals surface area (Å²) in [6.45, 7) is 7.65. The largest absolute Gasteiger partial charge is 0.483 e. The molecular weight excluding hydrogens is 509 g/mol. The van der Waals surface area contributed by atoms with Gasteiger partial charge in [-0.2, -0.15) is 9.97 Å². The number of nitrogens with zero attached hydrogens (tertiary/aromatic N) is 4. The average molecular weight is 540 g/mol. The number of hydrogen-bond donors (Lipinski definition) is 2. The molecular formula is C28H31ClFN5O3. The van der Waals surface area contributed by atoms with Gasteiger partial charge in [0.15, 0.2) is 5.82 Å². The summed E-state index contributed by atoms with van der Waals surface area (Å²) >= 11 is 6.50. The molecule has 38 heavy (non-hydrogen) atoms. The number of hydrogen-bond acceptors (Lipinski definition) is 7. The van der Waals surface area contributed by atoms with Crippen LogP contribution in [0.2, 0.25) is 5.02 Å². The first kappa shape index (κ1) is 27.5. The fourth-order valence-corrected chi connectivity index (χ4v) is 5.39. The molecule has 0 saturated carbocycles. The molecule has 10 heteroatoms. The van der Waals surface area contributed by atoms with Crippen LogP contribution in [0, 0.1) is 5.82 Å². The topological polar surface area (TPSA) is 100 Å². The number of fused-ring (bicyclic) bond motifs is 4. The number of nitrogens with one attached hydrogen (secondary N) is 1. The van der Waals surface area contributed by atoms with Crippen molar-refractivity contribution in [3.8, 4) is 17.3 Å². The summed E-state index contributed by atoms with van der Waals surface area (Å²) < 4.78 is 21.7. The Morgan fingerprint density at radius 1 is 1.16 bits per heavy atom. The highest BCUT2D eigenvalue weighted by Gasteiger charge is 2.34. The van der Waals surface area contributed by atoms with Gasteiger partial charge in [-0.25, -0.2) is 4.39 Å². The molecule has 0 aliphatic carbocycles. The molecule has 2 bridgehead atoms. The molecule has 2 atom stereocenters. The molecule has 2 aromatic carbocycles. The van der Waals surface area contributed by atoms with Gasteiger partial charge in [0.1, 0.15) is 17.0 Å². The molecule has 2 saturated heterocycles. The zero-order valence-corrected chi connectivity index (χ0v) is 22.4. The first-order valence-electron chi connectivity index (χ1n) is 12.8. The van der Waals surface area contributed by atoms with Crippen molar-refractivity contribution in [2.75, 3.05) is 24.6 Å². The summed E-state index contributed by atoms with van der Waals surface area (Å²) in [5.74, 6) is 0.179. The van der Waals surface area contributed by atoms with Crippen LogP contribution in [0.4, 0.5) is 10.2 Å². The highest BCUT2D eigenvalue weighted by atomic mass is 35.5. The van der Waals surface area contributed by atoms with Crippen molar-refractivity contribution in [3.05, 3.63) is 53.4 Å². The lowest BCUT2D eigenvalue weighted by molar-refractivity contribution is -0.122. The standard InChI is InChI=1S/C25H23ClFN5O.C2H6.CH2O2/c1-2-33-25-30-23-18(24(31-25)32-12-15-9-10-16(13-32)29-15)11-28-22(21(23)27)17-7-3-5-14-6-4-8-19(26)20(14)17;1-2;2-1-3/h3-8,11,15-16,29H,2,9-10,12-13H2,1H3;1-2H3;1H,(H,2,3). The van der Waals surface area contributed by atoms with Crippen molar-refractivity contribution in [2.24, 2.45) is 0 Å². The number of rotatable bonds is 4. The summed E-state index contributed by atoms with van der Waals surface area (Å²) in [5, 5.41) is 13.4. The molecule has 0 spiro atoms. The number of pyridine rings is 1.